The first kappa shape index (κ1) is 11.7. The number of halogens is 1. The summed E-state index contributed by atoms with van der Waals surface area (Å²) in [5.41, 5.74) is 8.84. The number of benzene rings is 1. The topological polar surface area (TPSA) is 30.9 Å². The van der Waals surface area contributed by atoms with Gasteiger partial charge in [0.15, 0.2) is 0 Å². The van der Waals surface area contributed by atoms with E-state index in [2.05, 4.69) is 6.07 Å². The molecule has 18 heavy (non-hydrogen) atoms. The fraction of sp³-hybridized carbons (Fsp3) is 0.467. The van der Waals surface area contributed by atoms with Crippen LogP contribution in [0.4, 0.5) is 4.39 Å². The van der Waals surface area contributed by atoms with Crippen LogP contribution in [-0.2, 0) is 12.5 Å². The SMILES string of the molecule is Cc1cn(C)c2c(F)cc(C3(CN)CCC3)cc12. The van der Waals surface area contributed by atoms with Crippen molar-refractivity contribution in [3.8, 4) is 0 Å². The molecule has 3 rings (SSSR count). The number of aryl methyl sites for hydroxylation is 2. The van der Waals surface area contributed by atoms with Gasteiger partial charge in [0.2, 0.25) is 0 Å². The summed E-state index contributed by atoms with van der Waals surface area (Å²) in [7, 11) is 1.89. The lowest BCUT2D eigenvalue weighted by Gasteiger charge is -2.41. The van der Waals surface area contributed by atoms with Crippen LogP contribution in [0.15, 0.2) is 18.3 Å². The third kappa shape index (κ3) is 1.43. The molecule has 0 radical (unpaired) electrons. The van der Waals surface area contributed by atoms with Gasteiger partial charge in [-0.05, 0) is 43.0 Å². The molecular formula is C15H19FN2. The largest absolute Gasteiger partial charge is 0.348 e. The van der Waals surface area contributed by atoms with Crippen LogP contribution in [0.3, 0.4) is 0 Å². The number of fused-ring (bicyclic) bond motifs is 1. The minimum absolute atomic E-state index is 0.0251. The van der Waals surface area contributed by atoms with E-state index < -0.39 is 0 Å². The van der Waals surface area contributed by atoms with Crippen LogP contribution in [0, 0.1) is 12.7 Å². The van der Waals surface area contributed by atoms with Gasteiger partial charge in [0.25, 0.3) is 0 Å². The van der Waals surface area contributed by atoms with E-state index in [-0.39, 0.29) is 11.2 Å². The molecule has 0 atom stereocenters. The lowest BCUT2D eigenvalue weighted by molar-refractivity contribution is 0.252. The van der Waals surface area contributed by atoms with Gasteiger partial charge in [0, 0.05) is 30.6 Å². The van der Waals surface area contributed by atoms with E-state index >= 15 is 0 Å². The smallest absolute Gasteiger partial charge is 0.147 e. The van der Waals surface area contributed by atoms with Crippen molar-refractivity contribution >= 4 is 10.9 Å². The maximum atomic E-state index is 14.3. The molecule has 0 aliphatic heterocycles. The van der Waals surface area contributed by atoms with Crippen molar-refractivity contribution < 1.29 is 4.39 Å². The highest BCUT2D eigenvalue weighted by molar-refractivity contribution is 5.85. The van der Waals surface area contributed by atoms with Gasteiger partial charge >= 0.3 is 0 Å². The fourth-order valence-electron chi connectivity index (χ4n) is 3.20. The molecule has 1 aliphatic rings. The predicted octanol–water partition coefficient (Wildman–Crippen LogP) is 3.01. The van der Waals surface area contributed by atoms with Crippen LogP contribution in [0.2, 0.25) is 0 Å². The van der Waals surface area contributed by atoms with Gasteiger partial charge < -0.3 is 10.3 Å². The Hall–Kier alpha value is -1.35. The maximum absolute atomic E-state index is 14.3. The standard InChI is InChI=1S/C15H19FN2/c1-10-8-18(2)14-12(10)6-11(7-13(14)16)15(9-17)4-3-5-15/h6-8H,3-5,9,17H2,1-2H3. The molecule has 1 aliphatic carbocycles. The average Bonchev–Trinajstić information content (AvgIpc) is 2.54. The van der Waals surface area contributed by atoms with Crippen LogP contribution >= 0.6 is 0 Å². The summed E-state index contributed by atoms with van der Waals surface area (Å²) in [5, 5.41) is 1.02. The first-order valence-electron chi connectivity index (χ1n) is 6.53. The number of nitrogens with zero attached hydrogens (tertiary/aromatic N) is 1. The van der Waals surface area contributed by atoms with E-state index in [0.717, 1.165) is 29.4 Å². The van der Waals surface area contributed by atoms with Gasteiger partial charge in [-0.1, -0.05) is 6.42 Å². The number of nitrogens with two attached hydrogens (primary N) is 1. The molecule has 0 bridgehead atoms. The zero-order valence-corrected chi connectivity index (χ0v) is 11.0. The minimum Gasteiger partial charge on any atom is -0.348 e. The quantitative estimate of drug-likeness (QED) is 0.867. The maximum Gasteiger partial charge on any atom is 0.147 e. The summed E-state index contributed by atoms with van der Waals surface area (Å²) in [6.45, 7) is 2.64. The molecule has 0 saturated heterocycles. The van der Waals surface area contributed by atoms with Gasteiger partial charge in [-0.25, -0.2) is 4.39 Å². The molecule has 0 amide bonds. The average molecular weight is 246 g/mol. The first-order valence-corrected chi connectivity index (χ1v) is 6.53. The van der Waals surface area contributed by atoms with E-state index in [1.165, 1.54) is 6.42 Å². The number of hydrogen-bond acceptors (Lipinski definition) is 1. The Balaban J connectivity index is 2.24. The van der Waals surface area contributed by atoms with E-state index in [1.807, 2.05) is 24.7 Å². The van der Waals surface area contributed by atoms with Crippen LogP contribution in [0.1, 0.15) is 30.4 Å². The normalized spacial score (nSPS) is 18.0. The van der Waals surface area contributed by atoms with Crippen LogP contribution < -0.4 is 5.73 Å². The van der Waals surface area contributed by atoms with Gasteiger partial charge in [0.1, 0.15) is 5.82 Å². The van der Waals surface area contributed by atoms with Crippen molar-refractivity contribution in [2.24, 2.45) is 12.8 Å². The lowest BCUT2D eigenvalue weighted by Crippen LogP contribution is -2.41. The van der Waals surface area contributed by atoms with Crippen molar-refractivity contribution in [3.05, 3.63) is 35.3 Å². The summed E-state index contributed by atoms with van der Waals surface area (Å²) in [5.74, 6) is -0.127. The Morgan fingerprint density at radius 3 is 2.67 bits per heavy atom. The summed E-state index contributed by atoms with van der Waals surface area (Å²) >= 11 is 0. The van der Waals surface area contributed by atoms with Crippen molar-refractivity contribution in [2.75, 3.05) is 6.54 Å². The Morgan fingerprint density at radius 1 is 1.39 bits per heavy atom. The lowest BCUT2D eigenvalue weighted by atomic mass is 9.64. The highest BCUT2D eigenvalue weighted by Crippen LogP contribution is 2.44. The second kappa shape index (κ2) is 3.82. The molecule has 1 heterocycles. The molecule has 3 heteroatoms. The number of aromatic nitrogens is 1. The predicted molar refractivity (Wildman–Crippen MR) is 72.2 cm³/mol. The molecule has 1 fully saturated rings. The van der Waals surface area contributed by atoms with E-state index in [1.54, 1.807) is 6.07 Å². The van der Waals surface area contributed by atoms with E-state index in [0.29, 0.717) is 12.1 Å². The molecule has 1 aromatic heterocycles. The van der Waals surface area contributed by atoms with Crippen LogP contribution in [-0.4, -0.2) is 11.1 Å². The summed E-state index contributed by atoms with van der Waals surface area (Å²) in [6, 6.07) is 3.83. The first-order chi connectivity index (χ1) is 8.57. The van der Waals surface area contributed by atoms with Crippen LogP contribution in [0.25, 0.3) is 10.9 Å². The Bertz CT molecular complexity index is 603. The van der Waals surface area contributed by atoms with E-state index in [9.17, 15) is 4.39 Å². The Morgan fingerprint density at radius 2 is 2.11 bits per heavy atom. The number of hydrogen-bond donors (Lipinski definition) is 1. The summed E-state index contributed by atoms with van der Waals surface area (Å²) in [4.78, 5) is 0. The van der Waals surface area contributed by atoms with Gasteiger partial charge in [-0.3, -0.25) is 0 Å². The van der Waals surface area contributed by atoms with Gasteiger partial charge in [-0.15, -0.1) is 0 Å². The molecule has 0 unspecified atom stereocenters. The molecule has 0 spiro atoms. The van der Waals surface area contributed by atoms with Crippen LogP contribution in [0.5, 0.6) is 0 Å². The summed E-state index contributed by atoms with van der Waals surface area (Å²) in [6.07, 6.45) is 5.35. The second-order valence-electron chi connectivity index (χ2n) is 5.62. The minimum atomic E-state index is -0.127. The highest BCUT2D eigenvalue weighted by atomic mass is 19.1. The van der Waals surface area contributed by atoms with Crippen molar-refractivity contribution in [2.45, 2.75) is 31.6 Å². The highest BCUT2D eigenvalue weighted by Gasteiger charge is 2.38. The van der Waals surface area contributed by atoms with Gasteiger partial charge in [-0.2, -0.15) is 0 Å². The Kier molecular flexibility index (Phi) is 2.49. The molecule has 1 saturated carbocycles. The number of rotatable bonds is 2. The third-order valence-corrected chi connectivity index (χ3v) is 4.54. The van der Waals surface area contributed by atoms with Gasteiger partial charge in [0.05, 0.1) is 5.52 Å². The summed E-state index contributed by atoms with van der Waals surface area (Å²) < 4.78 is 16.1. The molecular weight excluding hydrogens is 227 g/mol. The second-order valence-corrected chi connectivity index (χ2v) is 5.62. The molecule has 2 N–H and O–H groups in total. The van der Waals surface area contributed by atoms with Crippen molar-refractivity contribution in [1.82, 2.24) is 4.57 Å². The third-order valence-electron chi connectivity index (χ3n) is 4.54. The van der Waals surface area contributed by atoms with E-state index in [4.69, 9.17) is 5.73 Å². The zero-order chi connectivity index (χ0) is 12.9. The fourth-order valence-corrected chi connectivity index (χ4v) is 3.20. The molecule has 1 aromatic carbocycles. The monoisotopic (exact) mass is 246 g/mol. The van der Waals surface area contributed by atoms with Crippen molar-refractivity contribution in [1.29, 1.82) is 0 Å². The van der Waals surface area contributed by atoms with Crippen molar-refractivity contribution in [3.63, 3.8) is 0 Å². The molecule has 96 valence electrons. The Labute approximate surface area is 107 Å². The molecule has 2 nitrogen and oxygen atoms in total. The molecule has 2 aromatic rings. The zero-order valence-electron chi connectivity index (χ0n) is 11.0.